The first-order chi connectivity index (χ1) is 16.2. The molecular formula is C27H58N4O2. The van der Waals surface area contributed by atoms with Crippen molar-refractivity contribution in [1.82, 2.24) is 20.9 Å². The molecule has 0 radical (unpaired) electrons. The smallest absolute Gasteiger partial charge is 0.323 e. The van der Waals surface area contributed by atoms with Gasteiger partial charge in [-0.25, -0.2) is 0 Å². The fourth-order valence-electron chi connectivity index (χ4n) is 3.95. The highest BCUT2D eigenvalue weighted by Gasteiger charge is 2.21. The first-order valence-electron chi connectivity index (χ1n) is 14.2. The van der Waals surface area contributed by atoms with Crippen molar-refractivity contribution in [2.75, 3.05) is 52.5 Å². The largest absolute Gasteiger partial charge is 0.465 e. The first kappa shape index (κ1) is 32.3. The van der Waals surface area contributed by atoms with E-state index in [1.54, 1.807) is 0 Å². The van der Waals surface area contributed by atoms with Crippen LogP contribution in [0.4, 0.5) is 0 Å². The van der Waals surface area contributed by atoms with Gasteiger partial charge in [-0.3, -0.25) is 9.69 Å². The number of hydrogen-bond donors (Lipinski definition) is 3. The Kier molecular flexibility index (Phi) is 25.4. The van der Waals surface area contributed by atoms with Crippen LogP contribution in [0.3, 0.4) is 0 Å². The van der Waals surface area contributed by atoms with Gasteiger partial charge in [0.25, 0.3) is 0 Å². The van der Waals surface area contributed by atoms with Gasteiger partial charge in [-0.15, -0.1) is 0 Å². The molecule has 3 N–H and O–H groups in total. The number of nitrogens with one attached hydrogen (secondary N) is 3. The highest BCUT2D eigenvalue weighted by molar-refractivity contribution is 5.75. The number of ether oxygens (including phenoxy) is 1. The minimum Gasteiger partial charge on any atom is -0.465 e. The second-order valence-corrected chi connectivity index (χ2v) is 9.29. The number of rotatable bonds is 14. The molecule has 6 heteroatoms. The molecule has 1 unspecified atom stereocenters. The van der Waals surface area contributed by atoms with E-state index in [0.717, 1.165) is 45.7 Å². The van der Waals surface area contributed by atoms with Crippen molar-refractivity contribution in [3.8, 4) is 0 Å². The Morgan fingerprint density at radius 3 is 1.73 bits per heavy atom. The second kappa shape index (κ2) is 25.9. The van der Waals surface area contributed by atoms with Gasteiger partial charge in [0.2, 0.25) is 0 Å². The van der Waals surface area contributed by atoms with E-state index < -0.39 is 0 Å². The lowest BCUT2D eigenvalue weighted by atomic mass is 10.1. The van der Waals surface area contributed by atoms with Crippen LogP contribution in [-0.4, -0.2) is 69.5 Å². The van der Waals surface area contributed by atoms with E-state index in [-0.39, 0.29) is 12.0 Å². The van der Waals surface area contributed by atoms with Gasteiger partial charge in [-0.1, -0.05) is 90.9 Å². The molecule has 6 nitrogen and oxygen atoms in total. The molecule has 1 saturated heterocycles. The summed E-state index contributed by atoms with van der Waals surface area (Å²) in [5, 5.41) is 10.1. The van der Waals surface area contributed by atoms with Crippen LogP contribution in [0, 0.1) is 0 Å². The van der Waals surface area contributed by atoms with Gasteiger partial charge >= 0.3 is 5.97 Å². The predicted molar refractivity (Wildman–Crippen MR) is 143 cm³/mol. The average molecular weight is 471 g/mol. The van der Waals surface area contributed by atoms with Crippen LogP contribution in [0.1, 0.15) is 111 Å². The maximum Gasteiger partial charge on any atom is 0.323 e. The topological polar surface area (TPSA) is 65.6 Å². The summed E-state index contributed by atoms with van der Waals surface area (Å²) in [6, 6.07) is -0.204. The third-order valence-electron chi connectivity index (χ3n) is 6.21. The lowest BCUT2D eigenvalue weighted by molar-refractivity contribution is -0.149. The van der Waals surface area contributed by atoms with Crippen molar-refractivity contribution in [2.45, 2.75) is 117 Å². The van der Waals surface area contributed by atoms with Crippen LogP contribution in [-0.2, 0) is 9.53 Å². The fourth-order valence-corrected chi connectivity index (χ4v) is 3.95. The molecule has 198 valence electrons. The third-order valence-corrected chi connectivity index (χ3v) is 6.21. The lowest BCUT2D eigenvalue weighted by Crippen LogP contribution is -2.49. The van der Waals surface area contributed by atoms with Crippen molar-refractivity contribution in [3.05, 3.63) is 0 Å². The zero-order valence-electron chi connectivity index (χ0n) is 22.7. The van der Waals surface area contributed by atoms with Gasteiger partial charge in [-0.2, -0.15) is 0 Å². The Balaban J connectivity index is 0.000000653. The first-order valence-corrected chi connectivity index (χ1v) is 14.2. The Labute approximate surface area is 206 Å². The second-order valence-electron chi connectivity index (χ2n) is 9.29. The molecule has 1 heterocycles. The molecule has 0 aliphatic carbocycles. The highest BCUT2D eigenvalue weighted by Crippen LogP contribution is 2.11. The molecule has 1 rings (SSSR count). The van der Waals surface area contributed by atoms with Gasteiger partial charge in [0, 0.05) is 32.8 Å². The summed E-state index contributed by atoms with van der Waals surface area (Å²) in [6.45, 7) is 15.2. The monoisotopic (exact) mass is 470 g/mol. The number of carbonyl (C=O) groups excluding carboxylic acids is 1. The molecule has 1 fully saturated rings. The molecule has 0 aromatic heterocycles. The number of carbonyl (C=O) groups is 1. The van der Waals surface area contributed by atoms with Crippen molar-refractivity contribution in [3.63, 3.8) is 0 Å². The van der Waals surface area contributed by atoms with Gasteiger partial charge in [0.15, 0.2) is 0 Å². The summed E-state index contributed by atoms with van der Waals surface area (Å²) in [7, 11) is 0. The van der Waals surface area contributed by atoms with E-state index in [9.17, 15) is 4.79 Å². The molecule has 1 aliphatic heterocycles. The quantitative estimate of drug-likeness (QED) is 0.243. The van der Waals surface area contributed by atoms with Gasteiger partial charge in [0.05, 0.1) is 6.61 Å². The van der Waals surface area contributed by atoms with Crippen LogP contribution in [0.15, 0.2) is 0 Å². The lowest BCUT2D eigenvalue weighted by Gasteiger charge is -2.28. The van der Waals surface area contributed by atoms with Crippen molar-refractivity contribution in [1.29, 1.82) is 0 Å². The van der Waals surface area contributed by atoms with E-state index >= 15 is 0 Å². The summed E-state index contributed by atoms with van der Waals surface area (Å²) in [4.78, 5) is 13.9. The minimum absolute atomic E-state index is 0.144. The maximum absolute atomic E-state index is 11.8. The SMILES string of the molecule is CCCCCCCCCCCCCC.CCOC(=O)C(C)N1CCNCCCNCCNC1. The third kappa shape index (κ3) is 21.6. The molecule has 0 aromatic rings. The number of unbranched alkanes of at least 4 members (excludes halogenated alkanes) is 11. The minimum atomic E-state index is -0.204. The zero-order chi connectivity index (χ0) is 24.4. The molecule has 0 bridgehead atoms. The van der Waals surface area contributed by atoms with Crippen molar-refractivity contribution in [2.24, 2.45) is 0 Å². The van der Waals surface area contributed by atoms with E-state index in [4.69, 9.17) is 4.74 Å². The van der Waals surface area contributed by atoms with Gasteiger partial charge < -0.3 is 20.7 Å². The predicted octanol–water partition coefficient (Wildman–Crippen LogP) is 5.08. The maximum atomic E-state index is 11.8. The molecule has 1 aliphatic rings. The van der Waals surface area contributed by atoms with Crippen LogP contribution >= 0.6 is 0 Å². The van der Waals surface area contributed by atoms with Crippen LogP contribution in [0.5, 0.6) is 0 Å². The summed E-state index contributed by atoms with van der Waals surface area (Å²) in [6.07, 6.45) is 18.6. The molecule has 0 amide bonds. The normalized spacial score (nSPS) is 17.2. The van der Waals surface area contributed by atoms with Crippen LogP contribution in [0.25, 0.3) is 0 Å². The van der Waals surface area contributed by atoms with Gasteiger partial charge in [0.1, 0.15) is 6.04 Å². The Morgan fingerprint density at radius 1 is 0.727 bits per heavy atom. The van der Waals surface area contributed by atoms with E-state index in [2.05, 4.69) is 34.7 Å². The van der Waals surface area contributed by atoms with Crippen molar-refractivity contribution >= 4 is 5.97 Å². The Hall–Kier alpha value is -0.690. The van der Waals surface area contributed by atoms with E-state index in [0.29, 0.717) is 13.3 Å². The standard InChI is InChI=1S/C14H30.C13H28N4O2/c1-3-5-7-9-11-13-14-12-10-8-6-4-2;1-3-19-13(18)12(2)17-10-9-15-6-4-5-14-7-8-16-11-17/h3-14H2,1-2H3;12,14-16H,3-11H2,1-2H3. The van der Waals surface area contributed by atoms with E-state index in [1.165, 1.54) is 77.0 Å². The fraction of sp³-hybridized carbons (Fsp3) is 0.963. The summed E-state index contributed by atoms with van der Waals surface area (Å²) < 4.78 is 5.09. The van der Waals surface area contributed by atoms with E-state index in [1.807, 2.05) is 13.8 Å². The molecule has 0 spiro atoms. The summed E-state index contributed by atoms with van der Waals surface area (Å²) >= 11 is 0. The number of nitrogens with zero attached hydrogens (tertiary/aromatic N) is 1. The van der Waals surface area contributed by atoms with Crippen LogP contribution < -0.4 is 16.0 Å². The molecule has 1 atom stereocenters. The van der Waals surface area contributed by atoms with Crippen LogP contribution in [0.2, 0.25) is 0 Å². The summed E-state index contributed by atoms with van der Waals surface area (Å²) in [5.41, 5.74) is 0. The Bertz CT molecular complexity index is 386. The molecular weight excluding hydrogens is 412 g/mol. The average Bonchev–Trinajstić information content (AvgIpc) is 2.81. The van der Waals surface area contributed by atoms with Gasteiger partial charge in [-0.05, 0) is 33.4 Å². The van der Waals surface area contributed by atoms with Crippen molar-refractivity contribution < 1.29 is 9.53 Å². The highest BCUT2D eigenvalue weighted by atomic mass is 16.5. The molecule has 33 heavy (non-hydrogen) atoms. The molecule has 0 saturated carbocycles. The molecule has 0 aromatic carbocycles. The Morgan fingerprint density at radius 2 is 1.21 bits per heavy atom. The summed E-state index contributed by atoms with van der Waals surface area (Å²) in [5.74, 6) is -0.144. The number of esters is 1. The zero-order valence-corrected chi connectivity index (χ0v) is 22.7. The number of hydrogen-bond acceptors (Lipinski definition) is 6.